The molecular formula is C48H77N17O11. The number of aliphatic imine (C=N–C) groups is 1. The first-order chi connectivity index (χ1) is 36.3. The summed E-state index contributed by atoms with van der Waals surface area (Å²) in [4.78, 5) is 129. The van der Waals surface area contributed by atoms with Crippen LogP contribution in [0.15, 0.2) is 47.2 Å². The van der Waals surface area contributed by atoms with Crippen molar-refractivity contribution in [2.75, 3.05) is 45.8 Å². The van der Waals surface area contributed by atoms with Crippen molar-refractivity contribution < 1.29 is 53.4 Å². The number of hydrogen-bond donors (Lipinski definition) is 17. The summed E-state index contributed by atoms with van der Waals surface area (Å²) in [5.41, 5.74) is 34.4. The van der Waals surface area contributed by atoms with E-state index in [2.05, 4.69) is 47.2 Å². The Morgan fingerprint density at radius 3 is 2.18 bits per heavy atom. The maximum Gasteiger partial charge on any atom is 0.352 e. The second-order valence-electron chi connectivity index (χ2n) is 18.1. The van der Waals surface area contributed by atoms with Gasteiger partial charge >= 0.3 is 5.97 Å². The van der Waals surface area contributed by atoms with Crippen LogP contribution < -0.4 is 71.6 Å². The first kappa shape index (κ1) is 62.9. The van der Waals surface area contributed by atoms with Gasteiger partial charge in [0.25, 0.3) is 11.8 Å². The van der Waals surface area contributed by atoms with E-state index >= 15 is 0 Å². The van der Waals surface area contributed by atoms with Crippen molar-refractivity contribution in [3.05, 3.63) is 47.8 Å². The Morgan fingerprint density at radius 2 is 1.53 bits per heavy atom. The fourth-order valence-electron chi connectivity index (χ4n) is 8.04. The molecule has 1 fully saturated rings. The summed E-state index contributed by atoms with van der Waals surface area (Å²) in [6.07, 6.45) is 4.25. The monoisotopic (exact) mass is 1070 g/mol. The first-order valence-corrected chi connectivity index (χ1v) is 25.3. The van der Waals surface area contributed by atoms with Crippen molar-refractivity contribution >= 4 is 75.8 Å². The maximum atomic E-state index is 14.4. The number of nitrogens with two attached hydrogens (primary N) is 6. The number of hydrogen-bond acceptors (Lipinski definition) is 16. The predicted molar refractivity (Wildman–Crippen MR) is 281 cm³/mol. The molecule has 1 saturated heterocycles. The number of aromatic nitrogens is 1. The molecule has 0 aliphatic carbocycles. The lowest BCUT2D eigenvalue weighted by atomic mass is 10.0. The van der Waals surface area contributed by atoms with Gasteiger partial charge in [-0.15, -0.1) is 0 Å². The van der Waals surface area contributed by atoms with Gasteiger partial charge in [0.05, 0.1) is 18.7 Å². The second-order valence-corrected chi connectivity index (χ2v) is 18.1. The lowest BCUT2D eigenvalue weighted by Gasteiger charge is -2.28. The Kier molecular flexibility index (Phi) is 27.2. The number of carboxylic acids is 1. The molecule has 1 aliphatic heterocycles. The summed E-state index contributed by atoms with van der Waals surface area (Å²) in [5.74, 6) is -8.46. The lowest BCUT2D eigenvalue weighted by Crippen LogP contribution is -2.60. The average Bonchev–Trinajstić information content (AvgIpc) is 4.06. The molecule has 0 saturated carbocycles. The molecule has 76 heavy (non-hydrogen) atoms. The molecule has 0 unspecified atom stereocenters. The molecule has 8 amide bonds. The summed E-state index contributed by atoms with van der Waals surface area (Å²) < 4.78 is 0. The number of guanidine groups is 1. The number of unbranched alkanes of at least 4 members (excludes halogenated alkanes) is 2. The third-order valence-electron chi connectivity index (χ3n) is 12.2. The highest BCUT2D eigenvalue weighted by Crippen LogP contribution is 2.22. The van der Waals surface area contributed by atoms with Crippen LogP contribution in [0.25, 0.3) is 10.9 Å². The Labute approximate surface area is 439 Å². The highest BCUT2D eigenvalue weighted by molar-refractivity contribution is 6.40. The molecule has 7 atom stereocenters. The zero-order valence-corrected chi connectivity index (χ0v) is 42.9. The van der Waals surface area contributed by atoms with Gasteiger partial charge in [-0.3, -0.25) is 43.8 Å². The van der Waals surface area contributed by atoms with E-state index < -0.39 is 114 Å². The number of benzene rings is 1. The quantitative estimate of drug-likeness (QED) is 0.0138. The number of fused-ring (bicyclic) bond motifs is 1. The topological polar surface area (TPSA) is 490 Å². The van der Waals surface area contributed by atoms with Gasteiger partial charge in [-0.1, -0.05) is 30.7 Å². The molecule has 28 nitrogen and oxygen atoms in total. The van der Waals surface area contributed by atoms with Crippen molar-refractivity contribution in [2.45, 2.75) is 126 Å². The molecule has 3 rings (SSSR count). The van der Waals surface area contributed by atoms with Gasteiger partial charge in [-0.2, -0.15) is 0 Å². The number of nitrogens with zero attached hydrogens (tertiary/aromatic N) is 2. The van der Waals surface area contributed by atoms with E-state index in [4.69, 9.17) is 39.8 Å². The van der Waals surface area contributed by atoms with Gasteiger partial charge in [0.2, 0.25) is 35.4 Å². The molecule has 23 N–H and O–H groups in total. The van der Waals surface area contributed by atoms with E-state index in [9.17, 15) is 53.4 Å². The van der Waals surface area contributed by atoms with E-state index in [0.29, 0.717) is 44.2 Å². The van der Waals surface area contributed by atoms with E-state index in [-0.39, 0.29) is 82.8 Å². The minimum absolute atomic E-state index is 0.0450. The number of H-pyrrole nitrogens is 1. The number of para-hydroxylation sites is 1. The Balaban J connectivity index is 1.81. The van der Waals surface area contributed by atoms with Crippen molar-refractivity contribution in [1.82, 2.24) is 47.1 Å². The van der Waals surface area contributed by atoms with E-state index in [1.165, 1.54) is 17.9 Å². The van der Waals surface area contributed by atoms with Gasteiger partial charge in [0.15, 0.2) is 5.96 Å². The number of carbonyl (C=O) groups excluding carboxylic acids is 8. The zero-order valence-electron chi connectivity index (χ0n) is 42.9. The smallest absolute Gasteiger partial charge is 0.352 e. The summed E-state index contributed by atoms with van der Waals surface area (Å²) in [6.45, 7) is 1.06. The minimum atomic E-state index is -1.57. The highest BCUT2D eigenvalue weighted by atomic mass is 16.4. The third kappa shape index (κ3) is 20.4. The molecule has 2 aromatic rings. The first-order valence-electron chi connectivity index (χ1n) is 25.3. The summed E-state index contributed by atoms with van der Waals surface area (Å²) in [6, 6.07) is -0.456. The van der Waals surface area contributed by atoms with Crippen LogP contribution in [-0.4, -0.2) is 173 Å². The van der Waals surface area contributed by atoms with Crippen molar-refractivity contribution in [2.24, 2.45) is 39.4 Å². The summed E-state index contributed by atoms with van der Waals surface area (Å²) >= 11 is 0. The summed E-state index contributed by atoms with van der Waals surface area (Å²) in [7, 11) is 0. The number of aliphatic hydroxyl groups excluding tert-OH is 1. The van der Waals surface area contributed by atoms with Crippen LogP contribution in [0.5, 0.6) is 0 Å². The largest absolute Gasteiger partial charge is 0.477 e. The number of rotatable bonds is 33. The standard InChI is InChI=1S/C48H77N17O11/c1-27(59-45(73)39(37(66)24-52)64-41(69)30(53)12-4-6-18-49)40(68)58-26-38(67)60-33(15-8-20-51)46(74)65-22-10-17-36(65)44(72)63-35(23-28-25-57-31-13-3-2-11-29(28)31)43(71)61-32(14-5-7-19-50)42(70)62-34(47(75)76)16-9-21-56-48(54)55/h2-3,11,13,16,25,27,30,32,35-37,39,57,66H,4-10,12,14-15,17-24,26,49-53H2,1H3,(H,58,68)(H,59,73)(H,61,71)(H,62,70)(H,63,72)(H,64,69)(H,75,76)(H4,54,55,56)/b34-16-,60-33+/t27-,30-,32-,35-,36-,37-,39-/m0/s1. The van der Waals surface area contributed by atoms with Gasteiger partial charge < -0.3 is 91.7 Å². The van der Waals surface area contributed by atoms with Crippen LogP contribution in [0, 0.1) is 5.41 Å². The van der Waals surface area contributed by atoms with E-state index in [0.717, 1.165) is 10.9 Å². The van der Waals surface area contributed by atoms with Crippen LogP contribution in [0.3, 0.4) is 0 Å². The lowest BCUT2D eigenvalue weighted by molar-refractivity contribution is -0.137. The van der Waals surface area contributed by atoms with Gasteiger partial charge in [-0.05, 0) is 102 Å². The van der Waals surface area contributed by atoms with E-state index in [1.54, 1.807) is 12.3 Å². The number of aliphatic carboxylic acids is 1. The van der Waals surface area contributed by atoms with Crippen molar-refractivity contribution in [3.8, 4) is 0 Å². The predicted octanol–water partition coefficient (Wildman–Crippen LogP) is -4.65. The van der Waals surface area contributed by atoms with Gasteiger partial charge in [-0.25, -0.2) is 9.79 Å². The molecule has 0 radical (unpaired) electrons. The number of likely N-dealkylation sites (tertiary alicyclic amines) is 1. The number of carboxylic acid groups (broad SMARTS) is 1. The molecule has 28 heteroatoms. The second kappa shape index (κ2) is 32.8. The molecule has 420 valence electrons. The molecule has 0 bridgehead atoms. The highest BCUT2D eigenvalue weighted by Gasteiger charge is 2.39. The molecule has 1 aliphatic rings. The van der Waals surface area contributed by atoms with Gasteiger partial charge in [0, 0.05) is 43.2 Å². The third-order valence-corrected chi connectivity index (χ3v) is 12.2. The van der Waals surface area contributed by atoms with Crippen molar-refractivity contribution in [1.29, 1.82) is 5.41 Å². The van der Waals surface area contributed by atoms with E-state index in [1.807, 2.05) is 18.2 Å². The molecular weight excluding hydrogens is 991 g/mol. The van der Waals surface area contributed by atoms with Crippen LogP contribution in [-0.2, 0) is 49.6 Å². The molecule has 1 aromatic carbocycles. The fraction of sp³-hybridized carbons (Fsp3) is 0.562. The van der Waals surface area contributed by atoms with Crippen LogP contribution >= 0.6 is 0 Å². The van der Waals surface area contributed by atoms with Crippen LogP contribution in [0.1, 0.15) is 83.1 Å². The normalized spacial score (nSPS) is 16.0. The van der Waals surface area contributed by atoms with Crippen molar-refractivity contribution in [3.63, 3.8) is 0 Å². The average molecular weight is 1070 g/mol. The van der Waals surface area contributed by atoms with Crippen LogP contribution in [0.4, 0.5) is 0 Å². The Bertz CT molecular complexity index is 2390. The number of amides is 8. The van der Waals surface area contributed by atoms with Crippen LogP contribution in [0.2, 0.25) is 0 Å². The SMILES string of the molecule is C[C@H](NC(=O)[C@@H](NC(=O)[C@@H](N)CCCCN)[C@@H](O)CN)C(=O)NCC(=O)/N=C(\CCCN)C(=O)N1CCC[C@H]1C(=O)N[C@@H](Cc1c[nH]c2ccccc12)C(=O)N[C@@H](CCCCN)C(=O)N/C(=C\CCNC(=N)N)C(=O)O. The number of carbonyl (C=O) groups is 9. The Morgan fingerprint density at radius 1 is 0.842 bits per heavy atom. The summed E-state index contributed by atoms with van der Waals surface area (Å²) in [5, 5.41) is 45.7. The number of aromatic amines is 1. The number of nitrogens with one attached hydrogen (secondary N) is 9. The Hall–Kier alpha value is -7.37. The molecule has 2 heterocycles. The minimum Gasteiger partial charge on any atom is -0.477 e. The maximum absolute atomic E-state index is 14.4. The molecule has 0 spiro atoms. The molecule has 1 aromatic heterocycles. The van der Waals surface area contributed by atoms with Gasteiger partial charge in [0.1, 0.15) is 41.6 Å². The fourth-order valence-corrected chi connectivity index (χ4v) is 8.04. The zero-order chi connectivity index (χ0) is 56.3. The number of aliphatic hydroxyl groups is 1.